The lowest BCUT2D eigenvalue weighted by Gasteiger charge is -2.10. The number of hydrogen-bond acceptors (Lipinski definition) is 4. The largest absolute Gasteiger partial charge is 0.366 e. The van der Waals surface area contributed by atoms with Crippen LogP contribution in [0.4, 0.5) is 11.4 Å². The van der Waals surface area contributed by atoms with Gasteiger partial charge in [0, 0.05) is 10.7 Å². The van der Waals surface area contributed by atoms with Crippen molar-refractivity contribution in [3.05, 3.63) is 58.6 Å². The number of amides is 3. The summed E-state index contributed by atoms with van der Waals surface area (Å²) in [4.78, 5) is 35.3. The number of para-hydroxylation sites is 1. The summed E-state index contributed by atoms with van der Waals surface area (Å²) in [5.74, 6) is -0.969. The molecule has 0 spiro atoms. The van der Waals surface area contributed by atoms with E-state index in [0.29, 0.717) is 16.4 Å². The average molecular weight is 392 g/mol. The number of carbonyl (C=O) groups is 3. The lowest BCUT2D eigenvalue weighted by Crippen LogP contribution is -2.21. The fourth-order valence-electron chi connectivity index (χ4n) is 2.18. The summed E-state index contributed by atoms with van der Waals surface area (Å²) < 4.78 is 0. The molecule has 8 heteroatoms. The molecule has 0 saturated heterocycles. The third kappa shape index (κ3) is 5.79. The van der Waals surface area contributed by atoms with Gasteiger partial charge in [0.1, 0.15) is 0 Å². The highest BCUT2D eigenvalue weighted by Crippen LogP contribution is 2.20. The minimum atomic E-state index is -0.619. The monoisotopic (exact) mass is 391 g/mol. The van der Waals surface area contributed by atoms with Crippen molar-refractivity contribution in [3.63, 3.8) is 0 Å². The summed E-state index contributed by atoms with van der Waals surface area (Å²) in [6, 6.07) is 11.7. The Morgan fingerprint density at radius 1 is 1.00 bits per heavy atom. The zero-order valence-corrected chi connectivity index (χ0v) is 15.6. The Morgan fingerprint density at radius 3 is 2.23 bits per heavy atom. The number of nitrogens with one attached hydrogen (secondary N) is 2. The van der Waals surface area contributed by atoms with Crippen molar-refractivity contribution in [2.75, 3.05) is 22.1 Å². The number of anilines is 2. The quantitative estimate of drug-likeness (QED) is 0.675. The van der Waals surface area contributed by atoms with Gasteiger partial charge < -0.3 is 16.4 Å². The first-order valence-electron chi connectivity index (χ1n) is 7.69. The van der Waals surface area contributed by atoms with Crippen LogP contribution in [0.2, 0.25) is 5.02 Å². The van der Waals surface area contributed by atoms with Gasteiger partial charge in [-0.1, -0.05) is 23.7 Å². The molecule has 4 N–H and O–H groups in total. The van der Waals surface area contributed by atoms with E-state index in [1.807, 2.05) is 6.92 Å². The molecule has 0 heterocycles. The summed E-state index contributed by atoms with van der Waals surface area (Å²) >= 11 is 7.04. The van der Waals surface area contributed by atoms with Crippen molar-refractivity contribution >= 4 is 52.5 Å². The highest BCUT2D eigenvalue weighted by Gasteiger charge is 2.11. The van der Waals surface area contributed by atoms with Gasteiger partial charge in [0.05, 0.1) is 22.8 Å². The topological polar surface area (TPSA) is 101 Å². The number of rotatable bonds is 7. The number of halogens is 1. The number of carbonyl (C=O) groups excluding carboxylic acids is 3. The SMILES string of the molecule is Cc1cc(Cl)ccc1NC(=O)CSCC(=O)Nc1ccccc1C(N)=O. The number of benzene rings is 2. The van der Waals surface area contributed by atoms with E-state index in [0.717, 1.165) is 17.3 Å². The second-order valence-electron chi connectivity index (χ2n) is 5.46. The molecular formula is C18H18ClN3O3S. The first-order valence-corrected chi connectivity index (χ1v) is 9.22. The predicted molar refractivity (Wildman–Crippen MR) is 106 cm³/mol. The zero-order chi connectivity index (χ0) is 19.1. The van der Waals surface area contributed by atoms with E-state index >= 15 is 0 Å². The third-order valence-electron chi connectivity index (χ3n) is 3.40. The number of hydrogen-bond donors (Lipinski definition) is 3. The second-order valence-corrected chi connectivity index (χ2v) is 6.88. The van der Waals surface area contributed by atoms with Gasteiger partial charge in [-0.3, -0.25) is 14.4 Å². The smallest absolute Gasteiger partial charge is 0.250 e. The fourth-order valence-corrected chi connectivity index (χ4v) is 3.03. The molecule has 0 radical (unpaired) electrons. The van der Waals surface area contributed by atoms with Crippen LogP contribution in [0, 0.1) is 6.92 Å². The molecule has 0 aliphatic heterocycles. The maximum absolute atomic E-state index is 12.0. The van der Waals surface area contributed by atoms with Crippen LogP contribution in [0.25, 0.3) is 0 Å². The molecule has 3 amide bonds. The Hall–Kier alpha value is -2.51. The van der Waals surface area contributed by atoms with Crippen molar-refractivity contribution < 1.29 is 14.4 Å². The summed E-state index contributed by atoms with van der Waals surface area (Å²) in [6.07, 6.45) is 0. The molecule has 26 heavy (non-hydrogen) atoms. The Labute approximate surface area is 160 Å². The highest BCUT2D eigenvalue weighted by molar-refractivity contribution is 8.00. The maximum Gasteiger partial charge on any atom is 0.250 e. The lowest BCUT2D eigenvalue weighted by atomic mass is 10.1. The predicted octanol–water partition coefficient (Wildman–Crippen LogP) is 3.06. The summed E-state index contributed by atoms with van der Waals surface area (Å²) in [5, 5.41) is 6.00. The van der Waals surface area contributed by atoms with Crippen LogP contribution in [0.1, 0.15) is 15.9 Å². The van der Waals surface area contributed by atoms with Gasteiger partial charge in [-0.25, -0.2) is 0 Å². The van der Waals surface area contributed by atoms with Gasteiger partial charge in [0.25, 0.3) is 5.91 Å². The summed E-state index contributed by atoms with van der Waals surface area (Å²) in [6.45, 7) is 1.85. The van der Waals surface area contributed by atoms with Gasteiger partial charge in [-0.15, -0.1) is 11.8 Å². The van der Waals surface area contributed by atoms with Crippen LogP contribution >= 0.6 is 23.4 Å². The van der Waals surface area contributed by atoms with Crippen molar-refractivity contribution in [2.24, 2.45) is 5.73 Å². The average Bonchev–Trinajstić information content (AvgIpc) is 2.57. The second kappa shape index (κ2) is 9.26. The number of thioether (sulfide) groups is 1. The fraction of sp³-hybridized carbons (Fsp3) is 0.167. The van der Waals surface area contributed by atoms with Gasteiger partial charge in [0.2, 0.25) is 11.8 Å². The van der Waals surface area contributed by atoms with Crippen molar-refractivity contribution in [2.45, 2.75) is 6.92 Å². The molecular weight excluding hydrogens is 374 g/mol. The molecule has 0 aliphatic rings. The number of primary amides is 1. The Morgan fingerprint density at radius 2 is 1.62 bits per heavy atom. The van der Waals surface area contributed by atoms with E-state index in [2.05, 4.69) is 10.6 Å². The normalized spacial score (nSPS) is 10.2. The van der Waals surface area contributed by atoms with E-state index in [-0.39, 0.29) is 28.9 Å². The van der Waals surface area contributed by atoms with Crippen LogP contribution in [0.5, 0.6) is 0 Å². The van der Waals surface area contributed by atoms with Crippen molar-refractivity contribution in [3.8, 4) is 0 Å². The van der Waals surface area contributed by atoms with E-state index in [1.165, 1.54) is 6.07 Å². The van der Waals surface area contributed by atoms with E-state index in [9.17, 15) is 14.4 Å². The molecule has 0 atom stereocenters. The standard InChI is InChI=1S/C18H18ClN3O3S/c1-11-8-12(19)6-7-14(11)21-16(23)9-26-10-17(24)22-15-5-3-2-4-13(15)18(20)25/h2-8H,9-10H2,1H3,(H2,20,25)(H,21,23)(H,22,24). The van der Waals surface area contributed by atoms with Gasteiger partial charge in [-0.2, -0.15) is 0 Å². The maximum atomic E-state index is 12.0. The molecule has 2 aromatic rings. The van der Waals surface area contributed by atoms with Gasteiger partial charge in [0.15, 0.2) is 0 Å². The summed E-state index contributed by atoms with van der Waals surface area (Å²) in [5.41, 5.74) is 7.40. The van der Waals surface area contributed by atoms with Gasteiger partial charge >= 0.3 is 0 Å². The summed E-state index contributed by atoms with van der Waals surface area (Å²) in [7, 11) is 0. The Bertz CT molecular complexity index is 842. The molecule has 0 saturated carbocycles. The third-order valence-corrected chi connectivity index (χ3v) is 4.56. The molecule has 0 fully saturated rings. The Kier molecular flexibility index (Phi) is 7.06. The van der Waals surface area contributed by atoms with Crippen LogP contribution in [-0.2, 0) is 9.59 Å². The minimum absolute atomic E-state index is 0.0696. The minimum Gasteiger partial charge on any atom is -0.366 e. The number of aryl methyl sites for hydroxylation is 1. The molecule has 136 valence electrons. The van der Waals surface area contributed by atoms with Crippen molar-refractivity contribution in [1.29, 1.82) is 0 Å². The molecule has 6 nitrogen and oxygen atoms in total. The highest BCUT2D eigenvalue weighted by atomic mass is 35.5. The molecule has 0 aromatic heterocycles. The first kappa shape index (κ1) is 19.8. The molecule has 0 aliphatic carbocycles. The zero-order valence-electron chi connectivity index (χ0n) is 14.0. The van der Waals surface area contributed by atoms with Crippen molar-refractivity contribution in [1.82, 2.24) is 0 Å². The van der Waals surface area contributed by atoms with Gasteiger partial charge in [-0.05, 0) is 42.8 Å². The van der Waals surface area contributed by atoms with Crippen LogP contribution in [0.3, 0.4) is 0 Å². The Balaban J connectivity index is 1.81. The van der Waals surface area contributed by atoms with E-state index < -0.39 is 5.91 Å². The lowest BCUT2D eigenvalue weighted by molar-refractivity contribution is -0.114. The molecule has 2 aromatic carbocycles. The molecule has 0 unspecified atom stereocenters. The van der Waals surface area contributed by atoms with E-state index in [1.54, 1.807) is 36.4 Å². The molecule has 0 bridgehead atoms. The first-order chi connectivity index (χ1) is 12.4. The van der Waals surface area contributed by atoms with E-state index in [4.69, 9.17) is 17.3 Å². The van der Waals surface area contributed by atoms with Crippen LogP contribution in [0.15, 0.2) is 42.5 Å². The molecule has 2 rings (SSSR count). The number of nitrogens with two attached hydrogens (primary N) is 1. The van der Waals surface area contributed by atoms with Crippen LogP contribution in [-0.4, -0.2) is 29.2 Å². The van der Waals surface area contributed by atoms with Crippen LogP contribution < -0.4 is 16.4 Å².